The molecular formula is C26H30N2O4. The van der Waals surface area contributed by atoms with E-state index in [1.807, 2.05) is 38.1 Å². The third-order valence-corrected chi connectivity index (χ3v) is 6.07. The maximum atomic E-state index is 13.5. The largest absolute Gasteiger partial charge is 0.504 e. The van der Waals surface area contributed by atoms with E-state index < -0.39 is 6.04 Å². The third-order valence-electron chi connectivity index (χ3n) is 6.07. The van der Waals surface area contributed by atoms with E-state index in [1.54, 1.807) is 23.1 Å². The van der Waals surface area contributed by atoms with Crippen LogP contribution in [0, 0.1) is 5.41 Å². The fourth-order valence-electron chi connectivity index (χ4n) is 4.72. The van der Waals surface area contributed by atoms with Crippen LogP contribution in [0.4, 0.5) is 11.4 Å². The predicted molar refractivity (Wildman–Crippen MR) is 125 cm³/mol. The van der Waals surface area contributed by atoms with Gasteiger partial charge >= 0.3 is 0 Å². The Kier molecular flexibility index (Phi) is 5.71. The summed E-state index contributed by atoms with van der Waals surface area (Å²) in [6, 6.07) is 12.1. The molecule has 0 radical (unpaired) electrons. The Morgan fingerprint density at radius 2 is 1.94 bits per heavy atom. The number of nitrogens with one attached hydrogen (secondary N) is 1. The smallest absolute Gasteiger partial charge is 0.227 e. The van der Waals surface area contributed by atoms with Crippen molar-refractivity contribution in [3.05, 3.63) is 59.3 Å². The summed E-state index contributed by atoms with van der Waals surface area (Å²) in [6.07, 6.45) is 1.40. The number of phenols is 1. The number of rotatable bonds is 4. The summed E-state index contributed by atoms with van der Waals surface area (Å²) >= 11 is 0. The highest BCUT2D eigenvalue weighted by molar-refractivity contribution is 6.06. The Morgan fingerprint density at radius 1 is 1.19 bits per heavy atom. The Morgan fingerprint density at radius 3 is 2.66 bits per heavy atom. The topological polar surface area (TPSA) is 78.9 Å². The minimum absolute atomic E-state index is 0.0291. The molecule has 6 heteroatoms. The number of anilines is 2. The van der Waals surface area contributed by atoms with E-state index in [1.165, 1.54) is 0 Å². The van der Waals surface area contributed by atoms with Crippen molar-refractivity contribution in [1.82, 2.24) is 0 Å². The zero-order valence-corrected chi connectivity index (χ0v) is 19.1. The number of para-hydroxylation sites is 2. The van der Waals surface area contributed by atoms with Crippen molar-refractivity contribution < 1.29 is 19.4 Å². The van der Waals surface area contributed by atoms with Crippen LogP contribution in [-0.4, -0.2) is 23.4 Å². The van der Waals surface area contributed by atoms with Crippen molar-refractivity contribution in [2.75, 3.05) is 16.8 Å². The van der Waals surface area contributed by atoms with Gasteiger partial charge in [-0.3, -0.25) is 14.5 Å². The zero-order valence-electron chi connectivity index (χ0n) is 19.1. The van der Waals surface area contributed by atoms with Crippen molar-refractivity contribution in [2.45, 2.75) is 53.0 Å². The molecule has 2 aliphatic rings. The van der Waals surface area contributed by atoms with E-state index >= 15 is 0 Å². The maximum absolute atomic E-state index is 13.5. The third kappa shape index (κ3) is 3.85. The van der Waals surface area contributed by atoms with Crippen molar-refractivity contribution in [2.24, 2.45) is 5.41 Å². The highest BCUT2D eigenvalue weighted by atomic mass is 16.5. The van der Waals surface area contributed by atoms with E-state index in [4.69, 9.17) is 4.74 Å². The first kappa shape index (κ1) is 21.9. The molecule has 4 rings (SSSR count). The second-order valence-corrected chi connectivity index (χ2v) is 9.16. The molecule has 0 saturated heterocycles. The molecule has 1 atom stereocenters. The van der Waals surface area contributed by atoms with Crippen LogP contribution in [0.3, 0.4) is 0 Å². The molecule has 1 aliphatic carbocycles. The average Bonchev–Trinajstić information content (AvgIpc) is 2.88. The molecule has 6 nitrogen and oxygen atoms in total. The summed E-state index contributed by atoms with van der Waals surface area (Å²) in [4.78, 5) is 28.6. The fraction of sp³-hybridized carbons (Fsp3) is 0.385. The number of amides is 1. The van der Waals surface area contributed by atoms with E-state index in [0.717, 1.165) is 22.6 Å². The number of carbonyl (C=O) groups is 2. The van der Waals surface area contributed by atoms with Crippen LogP contribution >= 0.6 is 0 Å². The molecule has 2 aromatic rings. The number of hydrogen-bond donors (Lipinski definition) is 2. The Labute approximate surface area is 188 Å². The van der Waals surface area contributed by atoms with E-state index in [9.17, 15) is 14.7 Å². The van der Waals surface area contributed by atoms with Crippen LogP contribution < -0.4 is 15.0 Å². The predicted octanol–water partition coefficient (Wildman–Crippen LogP) is 5.34. The number of Topliss-reactive ketones (excluding diaryl/α,β-unsaturated/α-hetero) is 1. The van der Waals surface area contributed by atoms with Gasteiger partial charge < -0.3 is 15.2 Å². The summed E-state index contributed by atoms with van der Waals surface area (Å²) in [5, 5.41) is 13.7. The molecule has 0 unspecified atom stereocenters. The molecule has 1 aliphatic heterocycles. The van der Waals surface area contributed by atoms with Gasteiger partial charge in [0.05, 0.1) is 24.0 Å². The van der Waals surface area contributed by atoms with Gasteiger partial charge in [0.1, 0.15) is 0 Å². The average molecular weight is 435 g/mol. The van der Waals surface area contributed by atoms with Crippen molar-refractivity contribution >= 4 is 23.1 Å². The molecule has 1 amide bonds. The quantitative estimate of drug-likeness (QED) is 0.679. The molecule has 32 heavy (non-hydrogen) atoms. The van der Waals surface area contributed by atoms with Gasteiger partial charge in [0.15, 0.2) is 17.3 Å². The van der Waals surface area contributed by atoms with Crippen LogP contribution in [0.2, 0.25) is 0 Å². The standard InChI is InChI=1S/C26H30N2O4/c1-5-23(31)28-19-10-8-7-9-17(19)27-18-14-26(3,4)15-21(30)24(18)25(28)16-11-12-20(29)22(13-16)32-6-2/h7-13,25,27,29H,5-6,14-15H2,1-4H3/t25-/m1/s1. The van der Waals surface area contributed by atoms with Crippen molar-refractivity contribution in [3.8, 4) is 11.5 Å². The normalized spacial score (nSPS) is 19.6. The SMILES string of the molecule is CCOc1cc([C@@H]2C3=C(CC(C)(C)CC3=O)Nc3ccccc3N2C(=O)CC)ccc1O. The monoisotopic (exact) mass is 434 g/mol. The summed E-state index contributed by atoms with van der Waals surface area (Å²) in [5.41, 5.74) is 3.54. The Bertz CT molecular complexity index is 1100. The van der Waals surface area contributed by atoms with E-state index in [-0.39, 0.29) is 22.9 Å². The van der Waals surface area contributed by atoms with Crippen LogP contribution in [0.15, 0.2) is 53.7 Å². The van der Waals surface area contributed by atoms with E-state index in [2.05, 4.69) is 19.2 Å². The lowest BCUT2D eigenvalue weighted by atomic mass is 9.73. The summed E-state index contributed by atoms with van der Waals surface area (Å²) in [5.74, 6) is 0.315. The van der Waals surface area contributed by atoms with Crippen LogP contribution in [0.25, 0.3) is 0 Å². The first-order valence-electron chi connectivity index (χ1n) is 11.2. The molecule has 0 fully saturated rings. The van der Waals surface area contributed by atoms with Crippen LogP contribution in [-0.2, 0) is 9.59 Å². The number of nitrogens with zero attached hydrogens (tertiary/aromatic N) is 1. The molecule has 0 bridgehead atoms. The first-order valence-corrected chi connectivity index (χ1v) is 11.2. The van der Waals surface area contributed by atoms with Gasteiger partial charge in [-0.25, -0.2) is 0 Å². The summed E-state index contributed by atoms with van der Waals surface area (Å²) in [7, 11) is 0. The molecule has 0 saturated carbocycles. The minimum Gasteiger partial charge on any atom is -0.504 e. The maximum Gasteiger partial charge on any atom is 0.227 e. The van der Waals surface area contributed by atoms with Crippen LogP contribution in [0.5, 0.6) is 11.5 Å². The lowest BCUT2D eigenvalue weighted by molar-refractivity contribution is -0.119. The summed E-state index contributed by atoms with van der Waals surface area (Å²) in [6.45, 7) is 8.24. The first-order chi connectivity index (χ1) is 15.3. The number of allylic oxidation sites excluding steroid dienone is 1. The number of benzene rings is 2. The van der Waals surface area contributed by atoms with Gasteiger partial charge in [0.2, 0.25) is 5.91 Å². The van der Waals surface area contributed by atoms with Gasteiger partial charge in [-0.1, -0.05) is 39.0 Å². The fourth-order valence-corrected chi connectivity index (χ4v) is 4.72. The number of fused-ring (bicyclic) bond motifs is 1. The number of phenolic OH excluding ortho intramolecular Hbond substituents is 1. The van der Waals surface area contributed by atoms with Gasteiger partial charge in [-0.05, 0) is 48.6 Å². The number of hydrogen-bond acceptors (Lipinski definition) is 5. The van der Waals surface area contributed by atoms with Crippen LogP contribution in [0.1, 0.15) is 58.6 Å². The molecule has 2 N–H and O–H groups in total. The second kappa shape index (κ2) is 8.34. The highest BCUT2D eigenvalue weighted by Gasteiger charge is 2.43. The lowest BCUT2D eigenvalue weighted by Gasteiger charge is -2.37. The number of ether oxygens (including phenoxy) is 1. The highest BCUT2D eigenvalue weighted by Crippen LogP contribution is 2.49. The zero-order chi connectivity index (χ0) is 23.0. The number of carbonyl (C=O) groups excluding carboxylic acids is 2. The molecule has 2 aromatic carbocycles. The molecule has 0 aromatic heterocycles. The minimum atomic E-state index is -0.614. The van der Waals surface area contributed by atoms with Crippen molar-refractivity contribution in [3.63, 3.8) is 0 Å². The summed E-state index contributed by atoms with van der Waals surface area (Å²) < 4.78 is 5.62. The second-order valence-electron chi connectivity index (χ2n) is 9.16. The molecule has 168 valence electrons. The molecular weight excluding hydrogens is 404 g/mol. The Hall–Kier alpha value is -3.28. The van der Waals surface area contributed by atoms with Gasteiger partial charge in [-0.15, -0.1) is 0 Å². The van der Waals surface area contributed by atoms with E-state index in [0.29, 0.717) is 37.2 Å². The Balaban J connectivity index is 2.00. The van der Waals surface area contributed by atoms with Gasteiger partial charge in [0, 0.05) is 24.1 Å². The molecule has 0 spiro atoms. The number of ketones is 1. The van der Waals surface area contributed by atoms with Gasteiger partial charge in [-0.2, -0.15) is 0 Å². The lowest BCUT2D eigenvalue weighted by Crippen LogP contribution is -2.39. The van der Waals surface area contributed by atoms with Gasteiger partial charge in [0.25, 0.3) is 0 Å². The van der Waals surface area contributed by atoms with Crippen molar-refractivity contribution in [1.29, 1.82) is 0 Å². The molecule has 1 heterocycles. The number of aromatic hydroxyl groups is 1.